The molecule has 1 atom stereocenters. The number of halogens is 1. The maximum Gasteiger partial charge on any atom is 0.241 e. The normalized spacial score (nSPS) is 12.7. The summed E-state index contributed by atoms with van der Waals surface area (Å²) in [6, 6.07) is 4.25. The highest BCUT2D eigenvalue weighted by Gasteiger charge is 2.18. The molecule has 5 heteroatoms. The van der Waals surface area contributed by atoms with Gasteiger partial charge in [-0.3, -0.25) is 4.79 Å². The Balaban J connectivity index is 2.85. The summed E-state index contributed by atoms with van der Waals surface area (Å²) in [5, 5.41) is 2.64. The first kappa shape index (κ1) is 16.4. The maximum atomic E-state index is 14.0. The van der Waals surface area contributed by atoms with E-state index in [0.717, 1.165) is 0 Å². The van der Waals surface area contributed by atoms with Crippen molar-refractivity contribution in [1.29, 1.82) is 0 Å². The SMILES string of the molecule is CC(C)[C@H](N)C(=O)Nc1ccc(N(C)C(C)C)c(F)c1. The molecule has 0 aliphatic carbocycles. The molecule has 0 saturated carbocycles. The molecule has 20 heavy (non-hydrogen) atoms. The molecule has 0 unspecified atom stereocenters. The van der Waals surface area contributed by atoms with Crippen LogP contribution >= 0.6 is 0 Å². The third-order valence-electron chi connectivity index (χ3n) is 3.39. The molecule has 3 N–H and O–H groups in total. The lowest BCUT2D eigenvalue weighted by Crippen LogP contribution is -2.39. The van der Waals surface area contributed by atoms with Crippen LogP contribution in [-0.4, -0.2) is 25.0 Å². The van der Waals surface area contributed by atoms with E-state index in [1.165, 1.54) is 6.07 Å². The van der Waals surface area contributed by atoms with Crippen molar-refractivity contribution in [2.45, 2.75) is 39.8 Å². The molecule has 0 radical (unpaired) electrons. The highest BCUT2D eigenvalue weighted by atomic mass is 19.1. The van der Waals surface area contributed by atoms with E-state index >= 15 is 0 Å². The van der Waals surface area contributed by atoms with Crippen LogP contribution in [0.5, 0.6) is 0 Å². The molecule has 0 fully saturated rings. The van der Waals surface area contributed by atoms with Gasteiger partial charge >= 0.3 is 0 Å². The van der Waals surface area contributed by atoms with Gasteiger partial charge in [-0.2, -0.15) is 0 Å². The lowest BCUT2D eigenvalue weighted by Gasteiger charge is -2.24. The highest BCUT2D eigenvalue weighted by Crippen LogP contribution is 2.23. The summed E-state index contributed by atoms with van der Waals surface area (Å²) in [6.45, 7) is 7.70. The minimum absolute atomic E-state index is 0.0335. The Morgan fingerprint density at radius 1 is 1.30 bits per heavy atom. The van der Waals surface area contributed by atoms with Crippen LogP contribution in [0.1, 0.15) is 27.7 Å². The van der Waals surface area contributed by atoms with Crippen LogP contribution in [0.15, 0.2) is 18.2 Å². The molecule has 4 nitrogen and oxygen atoms in total. The Hall–Kier alpha value is -1.62. The van der Waals surface area contributed by atoms with E-state index in [9.17, 15) is 9.18 Å². The summed E-state index contributed by atoms with van der Waals surface area (Å²) in [6.07, 6.45) is 0. The monoisotopic (exact) mass is 281 g/mol. The molecule has 1 rings (SSSR count). The van der Waals surface area contributed by atoms with Crippen molar-refractivity contribution in [1.82, 2.24) is 0 Å². The van der Waals surface area contributed by atoms with Gasteiger partial charge in [0.2, 0.25) is 5.91 Å². The molecule has 1 aromatic rings. The summed E-state index contributed by atoms with van der Waals surface area (Å²) in [7, 11) is 1.83. The quantitative estimate of drug-likeness (QED) is 0.872. The van der Waals surface area contributed by atoms with Crippen LogP contribution in [-0.2, 0) is 4.79 Å². The predicted molar refractivity (Wildman–Crippen MR) is 81.4 cm³/mol. The van der Waals surface area contributed by atoms with Gasteiger partial charge in [-0.15, -0.1) is 0 Å². The second kappa shape index (κ2) is 6.70. The lowest BCUT2D eigenvalue weighted by molar-refractivity contribution is -0.118. The average Bonchev–Trinajstić information content (AvgIpc) is 2.36. The maximum absolute atomic E-state index is 14.0. The second-order valence-electron chi connectivity index (χ2n) is 5.63. The van der Waals surface area contributed by atoms with E-state index in [4.69, 9.17) is 5.73 Å². The number of nitrogens with zero attached hydrogens (tertiary/aromatic N) is 1. The first-order valence-electron chi connectivity index (χ1n) is 6.82. The molecular weight excluding hydrogens is 257 g/mol. The van der Waals surface area contributed by atoms with Crippen molar-refractivity contribution in [2.24, 2.45) is 11.7 Å². The average molecular weight is 281 g/mol. The third kappa shape index (κ3) is 3.93. The van der Waals surface area contributed by atoms with E-state index in [2.05, 4.69) is 5.32 Å². The van der Waals surface area contributed by atoms with Crippen LogP contribution in [0.25, 0.3) is 0 Å². The van der Waals surface area contributed by atoms with Gasteiger partial charge in [0, 0.05) is 18.8 Å². The van der Waals surface area contributed by atoms with Gasteiger partial charge in [0.05, 0.1) is 11.7 Å². The Morgan fingerprint density at radius 3 is 2.35 bits per heavy atom. The van der Waals surface area contributed by atoms with Crippen molar-refractivity contribution in [3.63, 3.8) is 0 Å². The molecule has 0 bridgehead atoms. The predicted octanol–water partition coefficient (Wildman–Crippen LogP) is 2.59. The molecule has 0 heterocycles. The summed E-state index contributed by atoms with van der Waals surface area (Å²) in [5.41, 5.74) is 6.68. The Kier molecular flexibility index (Phi) is 5.51. The number of amides is 1. The van der Waals surface area contributed by atoms with Crippen LogP contribution in [0.3, 0.4) is 0 Å². The third-order valence-corrected chi connectivity index (χ3v) is 3.39. The molecule has 0 aliphatic heterocycles. The van der Waals surface area contributed by atoms with E-state index in [1.807, 2.05) is 39.6 Å². The summed E-state index contributed by atoms with van der Waals surface area (Å²) in [4.78, 5) is 13.7. The fourth-order valence-corrected chi connectivity index (χ4v) is 1.68. The molecule has 1 aromatic carbocycles. The number of nitrogens with one attached hydrogen (secondary N) is 1. The van der Waals surface area contributed by atoms with Crippen LogP contribution < -0.4 is 16.0 Å². The first-order chi connectivity index (χ1) is 9.23. The summed E-state index contributed by atoms with van der Waals surface area (Å²) >= 11 is 0. The van der Waals surface area contributed by atoms with Gasteiger partial charge in [0.15, 0.2) is 0 Å². The smallest absolute Gasteiger partial charge is 0.241 e. The first-order valence-corrected chi connectivity index (χ1v) is 6.82. The molecular formula is C15H24FN3O. The van der Waals surface area contributed by atoms with E-state index < -0.39 is 6.04 Å². The van der Waals surface area contributed by atoms with Gasteiger partial charge in [-0.05, 0) is 38.0 Å². The van der Waals surface area contributed by atoms with Crippen molar-refractivity contribution in [3.05, 3.63) is 24.0 Å². The number of hydrogen-bond donors (Lipinski definition) is 2. The van der Waals surface area contributed by atoms with Crippen molar-refractivity contribution in [2.75, 3.05) is 17.3 Å². The Bertz CT molecular complexity index is 474. The number of carbonyl (C=O) groups is 1. The number of hydrogen-bond acceptors (Lipinski definition) is 3. The fraction of sp³-hybridized carbons (Fsp3) is 0.533. The number of anilines is 2. The van der Waals surface area contributed by atoms with Crippen molar-refractivity contribution < 1.29 is 9.18 Å². The minimum Gasteiger partial charge on any atom is -0.370 e. The second-order valence-corrected chi connectivity index (χ2v) is 5.63. The minimum atomic E-state index is -0.601. The molecule has 0 aliphatic rings. The van der Waals surface area contributed by atoms with E-state index in [1.54, 1.807) is 12.1 Å². The Morgan fingerprint density at radius 2 is 1.90 bits per heavy atom. The molecule has 0 spiro atoms. The van der Waals surface area contributed by atoms with Crippen molar-refractivity contribution in [3.8, 4) is 0 Å². The number of carbonyl (C=O) groups excluding carboxylic acids is 1. The Labute approximate surface area is 120 Å². The van der Waals surface area contributed by atoms with Gasteiger partial charge in [0.1, 0.15) is 5.82 Å². The summed E-state index contributed by atoms with van der Waals surface area (Å²) in [5.74, 6) is -0.632. The molecule has 112 valence electrons. The number of benzene rings is 1. The van der Waals surface area contributed by atoms with Gasteiger partial charge in [-0.1, -0.05) is 13.8 Å². The zero-order chi connectivity index (χ0) is 15.4. The molecule has 0 aromatic heterocycles. The number of rotatable bonds is 5. The molecule has 1 amide bonds. The van der Waals surface area contributed by atoms with Gasteiger partial charge < -0.3 is 16.0 Å². The van der Waals surface area contributed by atoms with E-state index in [0.29, 0.717) is 11.4 Å². The zero-order valence-corrected chi connectivity index (χ0v) is 12.8. The van der Waals surface area contributed by atoms with Crippen LogP contribution in [0.2, 0.25) is 0 Å². The fourth-order valence-electron chi connectivity index (χ4n) is 1.68. The van der Waals surface area contributed by atoms with Crippen LogP contribution in [0, 0.1) is 11.7 Å². The standard InChI is InChI=1S/C15H24FN3O/c1-9(2)14(17)15(20)18-11-6-7-13(12(16)8-11)19(5)10(3)4/h6-10,14H,17H2,1-5H3,(H,18,20)/t14-/m0/s1. The topological polar surface area (TPSA) is 58.4 Å². The van der Waals surface area contributed by atoms with Crippen LogP contribution in [0.4, 0.5) is 15.8 Å². The zero-order valence-electron chi connectivity index (χ0n) is 12.8. The number of nitrogens with two attached hydrogens (primary N) is 1. The van der Waals surface area contributed by atoms with Crippen molar-refractivity contribution >= 4 is 17.3 Å². The van der Waals surface area contributed by atoms with E-state index in [-0.39, 0.29) is 23.7 Å². The highest BCUT2D eigenvalue weighted by molar-refractivity contribution is 5.95. The van der Waals surface area contributed by atoms with Gasteiger partial charge in [-0.25, -0.2) is 4.39 Å². The molecule has 0 saturated heterocycles. The van der Waals surface area contributed by atoms with Gasteiger partial charge in [0.25, 0.3) is 0 Å². The lowest BCUT2D eigenvalue weighted by atomic mass is 10.0. The largest absolute Gasteiger partial charge is 0.370 e. The summed E-state index contributed by atoms with van der Waals surface area (Å²) < 4.78 is 14.0.